The Bertz CT molecular complexity index is 332. The minimum absolute atomic E-state index is 0. The van der Waals surface area contributed by atoms with E-state index >= 15 is 0 Å². The predicted molar refractivity (Wildman–Crippen MR) is 87.6 cm³/mol. The standard InChI is InChI=1S/C15H28N2O.C2H4O2.Na/c1-2-3-4-5-6-7-8-9-10-11-15(18)17-13-12-16-14-17;1-2(3)4;/h14H,2-13H2,1H3;1H3,(H,3,4);/q;;+1/p-1. The maximum atomic E-state index is 11.7. The number of nitrogens with zero attached hydrogens (tertiary/aromatic N) is 2. The Labute approximate surface area is 163 Å². The van der Waals surface area contributed by atoms with Crippen LogP contribution in [-0.2, 0) is 9.59 Å². The molecule has 0 unspecified atom stereocenters. The minimum Gasteiger partial charge on any atom is -0.550 e. The third-order valence-corrected chi connectivity index (χ3v) is 3.51. The van der Waals surface area contributed by atoms with Gasteiger partial charge in [0.2, 0.25) is 5.91 Å². The molecule has 6 heteroatoms. The van der Waals surface area contributed by atoms with Crippen molar-refractivity contribution in [3.8, 4) is 0 Å². The van der Waals surface area contributed by atoms with Gasteiger partial charge in [0.1, 0.15) is 0 Å². The van der Waals surface area contributed by atoms with E-state index in [0.717, 1.165) is 26.4 Å². The fourth-order valence-corrected chi connectivity index (χ4v) is 2.30. The zero-order valence-corrected chi connectivity index (χ0v) is 17.2. The number of carboxylic acid groups (broad SMARTS) is 1. The number of carbonyl (C=O) groups excluding carboxylic acids is 2. The molecule has 1 amide bonds. The van der Waals surface area contributed by atoms with Crippen LogP contribution in [-0.4, -0.2) is 36.2 Å². The van der Waals surface area contributed by atoms with Gasteiger partial charge in [-0.2, -0.15) is 0 Å². The molecule has 0 saturated heterocycles. The van der Waals surface area contributed by atoms with Gasteiger partial charge in [-0.25, -0.2) is 0 Å². The summed E-state index contributed by atoms with van der Waals surface area (Å²) in [6, 6.07) is 0. The number of unbranched alkanes of at least 4 members (excludes halogenated alkanes) is 8. The first kappa shape index (κ1) is 24.9. The van der Waals surface area contributed by atoms with Crippen molar-refractivity contribution >= 4 is 18.2 Å². The van der Waals surface area contributed by atoms with Crippen molar-refractivity contribution < 1.29 is 44.3 Å². The molecule has 0 aliphatic carbocycles. The van der Waals surface area contributed by atoms with E-state index in [-0.39, 0.29) is 35.5 Å². The number of amides is 1. The molecule has 0 aromatic heterocycles. The van der Waals surface area contributed by atoms with E-state index in [2.05, 4.69) is 11.9 Å². The van der Waals surface area contributed by atoms with Gasteiger partial charge in [0.25, 0.3) is 0 Å². The molecule has 1 aliphatic heterocycles. The first-order valence-corrected chi connectivity index (χ1v) is 8.55. The molecule has 0 aromatic carbocycles. The quantitative estimate of drug-likeness (QED) is 0.401. The van der Waals surface area contributed by atoms with Crippen LogP contribution in [0.15, 0.2) is 4.99 Å². The zero-order valence-electron chi connectivity index (χ0n) is 15.2. The van der Waals surface area contributed by atoms with Crippen molar-refractivity contribution in [1.29, 1.82) is 0 Å². The van der Waals surface area contributed by atoms with E-state index in [1.54, 1.807) is 11.2 Å². The molecule has 0 radical (unpaired) electrons. The molecular weight excluding hydrogens is 303 g/mol. The van der Waals surface area contributed by atoms with Crippen molar-refractivity contribution in [2.75, 3.05) is 13.1 Å². The van der Waals surface area contributed by atoms with Gasteiger partial charge in [0.15, 0.2) is 0 Å². The summed E-state index contributed by atoms with van der Waals surface area (Å²) >= 11 is 0. The molecule has 0 spiro atoms. The van der Waals surface area contributed by atoms with E-state index in [4.69, 9.17) is 9.90 Å². The van der Waals surface area contributed by atoms with Crippen molar-refractivity contribution in [3.05, 3.63) is 0 Å². The fourth-order valence-electron chi connectivity index (χ4n) is 2.30. The molecule has 23 heavy (non-hydrogen) atoms. The number of aliphatic carboxylic acids is 1. The van der Waals surface area contributed by atoms with Gasteiger partial charge >= 0.3 is 29.6 Å². The molecule has 0 saturated carbocycles. The fraction of sp³-hybridized carbons (Fsp3) is 0.824. The summed E-state index contributed by atoms with van der Waals surface area (Å²) in [5.41, 5.74) is 0. The van der Waals surface area contributed by atoms with Gasteiger partial charge < -0.3 is 14.8 Å². The molecule has 0 fully saturated rings. The summed E-state index contributed by atoms with van der Waals surface area (Å²) in [5.74, 6) is -0.834. The van der Waals surface area contributed by atoms with E-state index in [1.807, 2.05) is 0 Å². The molecule has 1 heterocycles. The van der Waals surface area contributed by atoms with E-state index in [1.165, 1.54) is 51.4 Å². The van der Waals surface area contributed by atoms with Gasteiger partial charge in [-0.15, -0.1) is 0 Å². The summed E-state index contributed by atoms with van der Waals surface area (Å²) in [5, 5.41) is 8.89. The monoisotopic (exact) mass is 334 g/mol. The van der Waals surface area contributed by atoms with Crippen LogP contribution >= 0.6 is 0 Å². The summed E-state index contributed by atoms with van der Waals surface area (Å²) in [6.07, 6.45) is 14.1. The Kier molecular flexibility index (Phi) is 19.4. The number of carboxylic acids is 1. The summed E-state index contributed by atoms with van der Waals surface area (Å²) in [6.45, 7) is 4.79. The Morgan fingerprint density at radius 2 is 1.52 bits per heavy atom. The van der Waals surface area contributed by atoms with Gasteiger partial charge in [-0.3, -0.25) is 9.79 Å². The van der Waals surface area contributed by atoms with E-state index < -0.39 is 5.97 Å². The molecule has 0 N–H and O–H groups in total. The molecular formula is C17H31N2NaO3. The zero-order chi connectivity index (χ0) is 16.6. The minimum atomic E-state index is -1.08. The first-order chi connectivity index (χ1) is 10.6. The van der Waals surface area contributed by atoms with Gasteiger partial charge in [0, 0.05) is 18.9 Å². The number of carbonyl (C=O) groups is 2. The van der Waals surface area contributed by atoms with Gasteiger partial charge in [0.05, 0.1) is 12.9 Å². The van der Waals surface area contributed by atoms with Crippen LogP contribution < -0.4 is 34.7 Å². The molecule has 0 atom stereocenters. The average Bonchev–Trinajstić information content (AvgIpc) is 2.99. The topological polar surface area (TPSA) is 72.8 Å². The average molecular weight is 334 g/mol. The van der Waals surface area contributed by atoms with Crippen LogP contribution in [0.4, 0.5) is 0 Å². The number of hydrogen-bond donors (Lipinski definition) is 0. The molecule has 128 valence electrons. The maximum absolute atomic E-state index is 11.7. The summed E-state index contributed by atoms with van der Waals surface area (Å²) in [7, 11) is 0. The van der Waals surface area contributed by atoms with Crippen LogP contribution in [0.25, 0.3) is 0 Å². The second kappa shape index (κ2) is 18.0. The summed E-state index contributed by atoms with van der Waals surface area (Å²) in [4.78, 5) is 26.4. The van der Waals surface area contributed by atoms with Gasteiger partial charge in [-0.1, -0.05) is 58.3 Å². The van der Waals surface area contributed by atoms with Crippen LogP contribution in [0.1, 0.15) is 78.1 Å². The van der Waals surface area contributed by atoms with Gasteiger partial charge in [-0.05, 0) is 13.3 Å². The van der Waals surface area contributed by atoms with Crippen LogP contribution in [0.5, 0.6) is 0 Å². The number of hydrogen-bond acceptors (Lipinski definition) is 4. The molecule has 0 bridgehead atoms. The second-order valence-corrected chi connectivity index (χ2v) is 5.68. The molecule has 1 rings (SSSR count). The Morgan fingerprint density at radius 1 is 1.04 bits per heavy atom. The van der Waals surface area contributed by atoms with Crippen LogP contribution in [0.2, 0.25) is 0 Å². The third kappa shape index (κ3) is 17.8. The Morgan fingerprint density at radius 3 is 1.96 bits per heavy atom. The van der Waals surface area contributed by atoms with E-state index in [9.17, 15) is 4.79 Å². The molecule has 1 aliphatic rings. The third-order valence-electron chi connectivity index (χ3n) is 3.51. The van der Waals surface area contributed by atoms with Crippen molar-refractivity contribution in [1.82, 2.24) is 4.90 Å². The Balaban J connectivity index is 0. The van der Waals surface area contributed by atoms with E-state index in [0.29, 0.717) is 6.42 Å². The van der Waals surface area contributed by atoms with Crippen LogP contribution in [0.3, 0.4) is 0 Å². The first-order valence-electron chi connectivity index (χ1n) is 8.55. The predicted octanol–water partition coefficient (Wildman–Crippen LogP) is -0.462. The normalized spacial score (nSPS) is 12.3. The Hall–Kier alpha value is -0.390. The smallest absolute Gasteiger partial charge is 0.550 e. The largest absolute Gasteiger partial charge is 1.00 e. The molecule has 5 nitrogen and oxygen atoms in total. The second-order valence-electron chi connectivity index (χ2n) is 5.68. The number of aliphatic imine (C=N–C) groups is 1. The SMILES string of the molecule is CC(=O)[O-].CCCCCCCCCCCC(=O)N1C=NCC1.[Na+]. The maximum Gasteiger partial charge on any atom is 1.00 e. The molecule has 0 aromatic rings. The van der Waals surface area contributed by atoms with Crippen LogP contribution in [0, 0.1) is 0 Å². The number of rotatable bonds is 10. The van der Waals surface area contributed by atoms with Crippen molar-refractivity contribution in [2.45, 2.75) is 78.1 Å². The van der Waals surface area contributed by atoms with Crippen molar-refractivity contribution in [2.24, 2.45) is 4.99 Å². The van der Waals surface area contributed by atoms with Crippen molar-refractivity contribution in [3.63, 3.8) is 0 Å². The summed E-state index contributed by atoms with van der Waals surface area (Å²) < 4.78 is 0.